The van der Waals surface area contributed by atoms with Crippen molar-refractivity contribution < 1.29 is 9.13 Å². The van der Waals surface area contributed by atoms with Crippen LogP contribution in [0.5, 0.6) is 5.75 Å². The number of methoxy groups -OCH3 is 1. The number of para-hydroxylation sites is 1. The monoisotopic (exact) mass is 519 g/mol. The molecule has 5 heterocycles. The third kappa shape index (κ3) is 4.40. The quantitative estimate of drug-likeness (QED) is 0.281. The van der Waals surface area contributed by atoms with Gasteiger partial charge in [-0.2, -0.15) is 5.10 Å². The molecule has 0 unspecified atom stereocenters. The van der Waals surface area contributed by atoms with Crippen molar-refractivity contribution >= 4 is 22.1 Å². The summed E-state index contributed by atoms with van der Waals surface area (Å²) in [6.45, 7) is 3.18. The normalized spacial score (nSPS) is 14.0. The Morgan fingerprint density at radius 2 is 1.82 bits per heavy atom. The molecule has 194 valence electrons. The highest BCUT2D eigenvalue weighted by molar-refractivity contribution is 5.96. The first-order chi connectivity index (χ1) is 19.1. The second kappa shape index (κ2) is 9.59. The first-order valence-corrected chi connectivity index (χ1v) is 13.0. The van der Waals surface area contributed by atoms with Crippen LogP contribution in [0.2, 0.25) is 0 Å². The zero-order valence-corrected chi connectivity index (χ0v) is 21.4. The van der Waals surface area contributed by atoms with Gasteiger partial charge < -0.3 is 9.72 Å². The number of hydrogen-bond donors (Lipinski definition) is 2. The highest BCUT2D eigenvalue weighted by Crippen LogP contribution is 2.33. The zero-order valence-electron chi connectivity index (χ0n) is 21.4. The average molecular weight is 520 g/mol. The molecule has 0 spiro atoms. The van der Waals surface area contributed by atoms with E-state index in [-0.39, 0.29) is 5.82 Å². The van der Waals surface area contributed by atoms with Gasteiger partial charge in [0.25, 0.3) is 0 Å². The Morgan fingerprint density at radius 1 is 0.923 bits per heavy atom. The molecule has 0 aliphatic carbocycles. The highest BCUT2D eigenvalue weighted by atomic mass is 19.1. The number of H-pyrrole nitrogens is 2. The van der Waals surface area contributed by atoms with Crippen LogP contribution in [0.3, 0.4) is 0 Å². The molecule has 0 amide bonds. The van der Waals surface area contributed by atoms with Gasteiger partial charge in [0.1, 0.15) is 17.1 Å². The molecule has 7 rings (SSSR count). The number of nitrogens with zero attached hydrogens (tertiary/aromatic N) is 5. The Bertz CT molecular complexity index is 1820. The van der Waals surface area contributed by atoms with Gasteiger partial charge in [-0.05, 0) is 73.5 Å². The fourth-order valence-electron chi connectivity index (χ4n) is 5.35. The second-order valence-electron chi connectivity index (χ2n) is 9.90. The summed E-state index contributed by atoms with van der Waals surface area (Å²) in [4.78, 5) is 20.2. The van der Waals surface area contributed by atoms with E-state index in [1.165, 1.54) is 37.6 Å². The molecule has 4 aromatic heterocycles. The Balaban J connectivity index is 1.28. The molecule has 1 aliphatic rings. The number of imidazole rings is 1. The maximum atomic E-state index is 14.3. The summed E-state index contributed by atoms with van der Waals surface area (Å²) in [5.74, 6) is 0.663. The van der Waals surface area contributed by atoms with Gasteiger partial charge in [0, 0.05) is 36.1 Å². The molecule has 1 saturated heterocycles. The largest absolute Gasteiger partial charge is 0.497 e. The molecule has 0 saturated carbocycles. The molecule has 6 aromatic rings. The number of halogens is 1. The van der Waals surface area contributed by atoms with Crippen LogP contribution in [0.4, 0.5) is 4.39 Å². The lowest BCUT2D eigenvalue weighted by Gasteiger charge is -2.14. The molecular weight excluding hydrogens is 493 g/mol. The van der Waals surface area contributed by atoms with Crippen molar-refractivity contribution in [2.45, 2.75) is 19.4 Å². The molecule has 1 aliphatic heterocycles. The van der Waals surface area contributed by atoms with Crippen LogP contribution in [-0.2, 0) is 6.54 Å². The topological polar surface area (TPSA) is 95.6 Å². The molecule has 1 fully saturated rings. The Morgan fingerprint density at radius 3 is 2.69 bits per heavy atom. The summed E-state index contributed by atoms with van der Waals surface area (Å²) < 4.78 is 19.5. The number of likely N-dealkylation sites (tertiary alicyclic amines) is 1. The van der Waals surface area contributed by atoms with Crippen LogP contribution in [0.15, 0.2) is 67.0 Å². The van der Waals surface area contributed by atoms with E-state index < -0.39 is 0 Å². The SMILES string of the molecule is COc1cc(F)cc(-c2cccc3[nH]c(-c4n[nH]c5ccc(-c6cncc(CN7CCCC7)c6)nc45)nc23)c1. The standard InChI is InChI=1S/C30H26FN7O/c1-39-22-13-19(12-21(31)14-22)23-5-4-6-25-27(23)35-30(34-25)29-28-26(36-37-29)8-7-24(33-28)20-11-18(15-32-16-20)17-38-9-2-3-10-38/h4-8,11-16H,2-3,9-10,17H2,1H3,(H,34,35)(H,36,37). The number of benzene rings is 2. The fourth-order valence-corrected chi connectivity index (χ4v) is 5.35. The Kier molecular flexibility index (Phi) is 5.78. The third-order valence-corrected chi connectivity index (χ3v) is 7.26. The van der Waals surface area contributed by atoms with Crippen molar-refractivity contribution in [1.82, 2.24) is 35.0 Å². The number of nitrogens with one attached hydrogen (secondary N) is 2. The number of aromatic nitrogens is 6. The minimum atomic E-state index is -0.369. The van der Waals surface area contributed by atoms with Crippen LogP contribution in [-0.4, -0.2) is 55.2 Å². The predicted octanol–water partition coefficient (Wildman–Crippen LogP) is 5.97. The lowest BCUT2D eigenvalue weighted by Crippen LogP contribution is -2.18. The predicted molar refractivity (Wildman–Crippen MR) is 149 cm³/mol. The molecule has 9 heteroatoms. The Hall–Kier alpha value is -4.63. The molecule has 8 nitrogen and oxygen atoms in total. The maximum Gasteiger partial charge on any atom is 0.161 e. The third-order valence-electron chi connectivity index (χ3n) is 7.26. The van der Waals surface area contributed by atoms with E-state index in [2.05, 4.69) is 31.1 Å². The molecule has 39 heavy (non-hydrogen) atoms. The van der Waals surface area contributed by atoms with E-state index in [4.69, 9.17) is 14.7 Å². The summed E-state index contributed by atoms with van der Waals surface area (Å²) in [7, 11) is 1.52. The van der Waals surface area contributed by atoms with Crippen LogP contribution >= 0.6 is 0 Å². The summed E-state index contributed by atoms with van der Waals surface area (Å²) >= 11 is 0. The van der Waals surface area contributed by atoms with Crippen LogP contribution < -0.4 is 4.74 Å². The van der Waals surface area contributed by atoms with Crippen LogP contribution in [0, 0.1) is 5.82 Å². The van der Waals surface area contributed by atoms with E-state index in [0.29, 0.717) is 33.9 Å². The van der Waals surface area contributed by atoms with Gasteiger partial charge in [0.05, 0.1) is 29.4 Å². The number of ether oxygens (including phenoxy) is 1. The molecule has 0 radical (unpaired) electrons. The van der Waals surface area contributed by atoms with Gasteiger partial charge >= 0.3 is 0 Å². The van der Waals surface area contributed by atoms with E-state index in [0.717, 1.165) is 47.5 Å². The number of aromatic amines is 2. The first-order valence-electron chi connectivity index (χ1n) is 13.0. The summed E-state index contributed by atoms with van der Waals surface area (Å²) in [6, 6.07) is 16.5. The van der Waals surface area contributed by atoms with Gasteiger partial charge in [-0.3, -0.25) is 15.0 Å². The second-order valence-corrected chi connectivity index (χ2v) is 9.90. The molecule has 2 aromatic carbocycles. The number of fused-ring (bicyclic) bond motifs is 2. The van der Waals surface area contributed by atoms with Crippen molar-refractivity contribution in [2.75, 3.05) is 20.2 Å². The van der Waals surface area contributed by atoms with Gasteiger partial charge in [0.15, 0.2) is 11.5 Å². The first kappa shape index (κ1) is 23.5. The minimum absolute atomic E-state index is 0.369. The van der Waals surface area contributed by atoms with E-state index >= 15 is 0 Å². The number of pyridine rings is 2. The van der Waals surface area contributed by atoms with E-state index in [9.17, 15) is 4.39 Å². The molecule has 0 bridgehead atoms. The summed E-state index contributed by atoms with van der Waals surface area (Å²) in [6.07, 6.45) is 6.30. The van der Waals surface area contributed by atoms with Crippen molar-refractivity contribution in [2.24, 2.45) is 0 Å². The number of rotatable bonds is 6. The number of hydrogen-bond acceptors (Lipinski definition) is 6. The highest BCUT2D eigenvalue weighted by Gasteiger charge is 2.18. The molecule has 2 N–H and O–H groups in total. The van der Waals surface area contributed by atoms with Crippen molar-refractivity contribution in [3.05, 3.63) is 78.4 Å². The zero-order chi connectivity index (χ0) is 26.3. The van der Waals surface area contributed by atoms with Crippen LogP contribution in [0.1, 0.15) is 18.4 Å². The molecule has 0 atom stereocenters. The van der Waals surface area contributed by atoms with E-state index in [1.54, 1.807) is 6.07 Å². The van der Waals surface area contributed by atoms with Gasteiger partial charge in [-0.25, -0.2) is 14.4 Å². The van der Waals surface area contributed by atoms with E-state index in [1.807, 2.05) is 42.7 Å². The Labute approximate surface area is 223 Å². The minimum Gasteiger partial charge on any atom is -0.497 e. The lowest BCUT2D eigenvalue weighted by molar-refractivity contribution is 0.331. The average Bonchev–Trinajstić information content (AvgIpc) is 3.72. The fraction of sp³-hybridized carbons (Fsp3) is 0.200. The van der Waals surface area contributed by atoms with Gasteiger partial charge in [0.2, 0.25) is 0 Å². The van der Waals surface area contributed by atoms with Crippen molar-refractivity contribution in [3.8, 4) is 39.7 Å². The molecular formula is C30H26FN7O. The van der Waals surface area contributed by atoms with Crippen LogP contribution in [0.25, 0.3) is 56.0 Å². The van der Waals surface area contributed by atoms with Gasteiger partial charge in [-0.1, -0.05) is 12.1 Å². The summed E-state index contributed by atoms with van der Waals surface area (Å²) in [5.41, 5.74) is 8.12. The van der Waals surface area contributed by atoms with Gasteiger partial charge in [-0.15, -0.1) is 0 Å². The lowest BCUT2D eigenvalue weighted by atomic mass is 10.0. The van der Waals surface area contributed by atoms with Crippen molar-refractivity contribution in [3.63, 3.8) is 0 Å². The smallest absolute Gasteiger partial charge is 0.161 e. The van der Waals surface area contributed by atoms with Crippen molar-refractivity contribution in [1.29, 1.82) is 0 Å². The summed E-state index contributed by atoms with van der Waals surface area (Å²) in [5, 5.41) is 7.62. The maximum absolute atomic E-state index is 14.3.